The molecule has 0 spiro atoms. The molecular formula is C16H34N2O. The first kappa shape index (κ1) is 16.9. The molecule has 0 unspecified atom stereocenters. The number of rotatable bonds is 9. The Bertz CT molecular complexity index is 221. The van der Waals surface area contributed by atoms with Crippen molar-refractivity contribution in [2.75, 3.05) is 32.8 Å². The van der Waals surface area contributed by atoms with Crippen LogP contribution in [0.4, 0.5) is 0 Å². The van der Waals surface area contributed by atoms with Gasteiger partial charge >= 0.3 is 0 Å². The van der Waals surface area contributed by atoms with Gasteiger partial charge in [0.15, 0.2) is 0 Å². The van der Waals surface area contributed by atoms with Crippen molar-refractivity contribution in [1.82, 2.24) is 4.90 Å². The molecule has 19 heavy (non-hydrogen) atoms. The second kappa shape index (κ2) is 8.93. The minimum absolute atomic E-state index is 0.0165. The Morgan fingerprint density at radius 2 is 1.79 bits per heavy atom. The maximum atomic E-state index is 6.21. The van der Waals surface area contributed by atoms with Crippen molar-refractivity contribution < 1.29 is 4.74 Å². The van der Waals surface area contributed by atoms with Crippen LogP contribution in [0.15, 0.2) is 0 Å². The quantitative estimate of drug-likeness (QED) is 0.700. The molecule has 3 nitrogen and oxygen atoms in total. The van der Waals surface area contributed by atoms with Crippen molar-refractivity contribution in [2.24, 2.45) is 11.7 Å². The van der Waals surface area contributed by atoms with Crippen LogP contribution in [0.1, 0.15) is 59.3 Å². The Kier molecular flexibility index (Phi) is 7.96. The first-order chi connectivity index (χ1) is 9.19. The topological polar surface area (TPSA) is 38.5 Å². The van der Waals surface area contributed by atoms with E-state index < -0.39 is 0 Å². The number of nitrogens with zero attached hydrogens (tertiary/aromatic N) is 1. The van der Waals surface area contributed by atoms with Crippen molar-refractivity contribution in [2.45, 2.75) is 64.9 Å². The summed E-state index contributed by atoms with van der Waals surface area (Å²) in [7, 11) is 0. The van der Waals surface area contributed by atoms with Crippen molar-refractivity contribution in [1.29, 1.82) is 0 Å². The average molecular weight is 270 g/mol. The summed E-state index contributed by atoms with van der Waals surface area (Å²) in [5, 5.41) is 0. The molecule has 0 saturated heterocycles. The SMILES string of the molecule is CCCC1CCC(CN)(OCCN(CC)CC)CC1. The average Bonchev–Trinajstić information content (AvgIpc) is 2.46. The molecule has 3 heteroatoms. The summed E-state index contributed by atoms with van der Waals surface area (Å²) in [5.41, 5.74) is 5.98. The van der Waals surface area contributed by atoms with Gasteiger partial charge in [-0.25, -0.2) is 0 Å². The van der Waals surface area contributed by atoms with Crippen molar-refractivity contribution in [3.8, 4) is 0 Å². The van der Waals surface area contributed by atoms with Crippen LogP contribution >= 0.6 is 0 Å². The normalized spacial score (nSPS) is 27.9. The fourth-order valence-corrected chi connectivity index (χ4v) is 3.24. The number of hydrogen-bond donors (Lipinski definition) is 1. The van der Waals surface area contributed by atoms with E-state index in [0.717, 1.165) is 45.0 Å². The standard InChI is InChI=1S/C16H34N2O/c1-4-7-15-8-10-16(14-17,11-9-15)19-13-12-18(5-2)6-3/h15H,4-14,17H2,1-3H3. The zero-order valence-corrected chi connectivity index (χ0v) is 13.3. The van der Waals surface area contributed by atoms with Gasteiger partial charge in [-0.05, 0) is 44.7 Å². The van der Waals surface area contributed by atoms with Gasteiger partial charge in [-0.1, -0.05) is 33.6 Å². The number of nitrogens with two attached hydrogens (primary N) is 1. The molecule has 1 aliphatic rings. The Hall–Kier alpha value is -0.120. The number of likely N-dealkylation sites (N-methyl/N-ethyl adjacent to an activating group) is 1. The van der Waals surface area contributed by atoms with E-state index in [9.17, 15) is 0 Å². The highest BCUT2D eigenvalue weighted by Crippen LogP contribution is 2.36. The van der Waals surface area contributed by atoms with Gasteiger partial charge in [-0.3, -0.25) is 0 Å². The summed E-state index contributed by atoms with van der Waals surface area (Å²) < 4.78 is 6.21. The van der Waals surface area contributed by atoms with E-state index in [1.54, 1.807) is 0 Å². The highest BCUT2D eigenvalue weighted by Gasteiger charge is 2.34. The Balaban J connectivity index is 2.32. The van der Waals surface area contributed by atoms with Gasteiger partial charge in [0.25, 0.3) is 0 Å². The molecular weight excluding hydrogens is 236 g/mol. The lowest BCUT2D eigenvalue weighted by molar-refractivity contribution is -0.0766. The van der Waals surface area contributed by atoms with E-state index in [1.165, 1.54) is 25.7 Å². The number of hydrogen-bond acceptors (Lipinski definition) is 3. The predicted molar refractivity (Wildman–Crippen MR) is 82.4 cm³/mol. The third kappa shape index (κ3) is 5.41. The summed E-state index contributed by atoms with van der Waals surface area (Å²) in [6, 6.07) is 0. The van der Waals surface area contributed by atoms with Crippen LogP contribution in [-0.4, -0.2) is 43.3 Å². The summed E-state index contributed by atoms with van der Waals surface area (Å²) in [5.74, 6) is 0.913. The smallest absolute Gasteiger partial charge is 0.0805 e. The molecule has 0 atom stereocenters. The monoisotopic (exact) mass is 270 g/mol. The van der Waals surface area contributed by atoms with Gasteiger partial charge in [0.2, 0.25) is 0 Å². The van der Waals surface area contributed by atoms with Crippen LogP contribution in [-0.2, 0) is 4.74 Å². The minimum atomic E-state index is -0.0165. The first-order valence-electron chi connectivity index (χ1n) is 8.26. The maximum absolute atomic E-state index is 6.21. The first-order valence-corrected chi connectivity index (χ1v) is 8.26. The largest absolute Gasteiger partial charge is 0.372 e. The molecule has 1 rings (SSSR count). The van der Waals surface area contributed by atoms with Gasteiger partial charge in [-0.2, -0.15) is 0 Å². The van der Waals surface area contributed by atoms with Crippen LogP contribution < -0.4 is 5.73 Å². The lowest BCUT2D eigenvalue weighted by atomic mass is 9.77. The van der Waals surface area contributed by atoms with Crippen LogP contribution in [0.2, 0.25) is 0 Å². The molecule has 114 valence electrons. The Labute approximate surface area is 119 Å². The summed E-state index contributed by atoms with van der Waals surface area (Å²) in [6.45, 7) is 11.5. The summed E-state index contributed by atoms with van der Waals surface area (Å²) >= 11 is 0. The van der Waals surface area contributed by atoms with Crippen LogP contribution in [0.25, 0.3) is 0 Å². The van der Waals surface area contributed by atoms with Crippen molar-refractivity contribution >= 4 is 0 Å². The molecule has 0 heterocycles. The maximum Gasteiger partial charge on any atom is 0.0805 e. The second-order valence-corrected chi connectivity index (χ2v) is 5.99. The highest BCUT2D eigenvalue weighted by molar-refractivity contribution is 4.88. The van der Waals surface area contributed by atoms with Gasteiger partial charge in [-0.15, -0.1) is 0 Å². The van der Waals surface area contributed by atoms with E-state index in [1.807, 2.05) is 0 Å². The van der Waals surface area contributed by atoms with E-state index >= 15 is 0 Å². The van der Waals surface area contributed by atoms with Crippen LogP contribution in [0.5, 0.6) is 0 Å². The van der Waals surface area contributed by atoms with Gasteiger partial charge in [0.1, 0.15) is 0 Å². The van der Waals surface area contributed by atoms with Crippen LogP contribution in [0.3, 0.4) is 0 Å². The fourth-order valence-electron chi connectivity index (χ4n) is 3.24. The van der Waals surface area contributed by atoms with E-state index in [0.29, 0.717) is 6.54 Å². The molecule has 0 aliphatic heterocycles. The van der Waals surface area contributed by atoms with E-state index in [2.05, 4.69) is 25.7 Å². The van der Waals surface area contributed by atoms with Gasteiger partial charge < -0.3 is 15.4 Å². The lowest BCUT2D eigenvalue weighted by Crippen LogP contribution is -2.45. The minimum Gasteiger partial charge on any atom is -0.372 e. The third-order valence-corrected chi connectivity index (χ3v) is 4.80. The Morgan fingerprint density at radius 1 is 1.16 bits per heavy atom. The van der Waals surface area contributed by atoms with Crippen molar-refractivity contribution in [3.63, 3.8) is 0 Å². The molecule has 0 amide bonds. The molecule has 0 radical (unpaired) electrons. The van der Waals surface area contributed by atoms with E-state index in [4.69, 9.17) is 10.5 Å². The Morgan fingerprint density at radius 3 is 2.26 bits per heavy atom. The zero-order chi connectivity index (χ0) is 14.1. The molecule has 1 aliphatic carbocycles. The van der Waals surface area contributed by atoms with E-state index in [-0.39, 0.29) is 5.60 Å². The van der Waals surface area contributed by atoms with Crippen molar-refractivity contribution in [3.05, 3.63) is 0 Å². The van der Waals surface area contributed by atoms with Gasteiger partial charge in [0.05, 0.1) is 12.2 Å². The predicted octanol–water partition coefficient (Wildman–Crippen LogP) is 3.03. The lowest BCUT2D eigenvalue weighted by Gasteiger charge is -2.39. The molecule has 0 bridgehead atoms. The molecule has 0 aromatic carbocycles. The summed E-state index contributed by atoms with van der Waals surface area (Å²) in [6.07, 6.45) is 7.61. The van der Waals surface area contributed by atoms with Crippen LogP contribution in [0, 0.1) is 5.92 Å². The second-order valence-electron chi connectivity index (χ2n) is 5.99. The summed E-state index contributed by atoms with van der Waals surface area (Å²) in [4.78, 5) is 2.41. The molecule has 0 aromatic rings. The molecule has 1 fully saturated rings. The molecule has 0 aromatic heterocycles. The number of ether oxygens (including phenoxy) is 1. The highest BCUT2D eigenvalue weighted by atomic mass is 16.5. The third-order valence-electron chi connectivity index (χ3n) is 4.80. The zero-order valence-electron chi connectivity index (χ0n) is 13.3. The molecule has 1 saturated carbocycles. The fraction of sp³-hybridized carbons (Fsp3) is 1.00. The molecule has 2 N–H and O–H groups in total. The van der Waals surface area contributed by atoms with Gasteiger partial charge in [0, 0.05) is 13.1 Å².